The van der Waals surface area contributed by atoms with Crippen molar-refractivity contribution in [2.45, 2.75) is 20.3 Å². The summed E-state index contributed by atoms with van der Waals surface area (Å²) in [6, 6.07) is 0. The molecule has 4 N–H and O–H groups in total. The third-order valence-corrected chi connectivity index (χ3v) is 2.95. The first-order chi connectivity index (χ1) is 15.9. The van der Waals surface area contributed by atoms with Crippen molar-refractivity contribution in [3.05, 3.63) is 0 Å². The summed E-state index contributed by atoms with van der Waals surface area (Å²) in [7, 11) is 1.59. The van der Waals surface area contributed by atoms with Gasteiger partial charge in [0.2, 0.25) is 11.8 Å². The molecule has 0 bridgehead atoms. The van der Waals surface area contributed by atoms with Crippen molar-refractivity contribution in [2.75, 3.05) is 79.5 Å². The minimum absolute atomic E-state index is 0.0102. The largest absolute Gasteiger partial charge is 0.480 e. The third kappa shape index (κ3) is 40.4. The Morgan fingerprint density at radius 2 is 1.30 bits per heavy atom. The SMILES string of the molecule is CC=O.CCC(=O)NCCOCCOCC(=O)NCCOCCOCC=O.CNCC(=O)O. The standard InChI is InChI=1S/C15H28N2O7.C3H7NO2.C2H4O/c1-2-14(19)16-3-6-22-11-12-24-13-15(20)17-4-7-21-9-10-23-8-5-18;1-4-2-3(5)6;1-2-3/h5H,2-4,6-13H2,1H3,(H,16,19)(H,17,20);4H,2H2,1H3,(H,5,6);2H,1H3. The van der Waals surface area contributed by atoms with Crippen LogP contribution < -0.4 is 16.0 Å². The van der Waals surface area contributed by atoms with Crippen molar-refractivity contribution in [3.63, 3.8) is 0 Å². The van der Waals surface area contributed by atoms with Crippen molar-refractivity contribution in [1.29, 1.82) is 0 Å². The molecule has 0 spiro atoms. The maximum absolute atomic E-state index is 11.4. The molecule has 0 aromatic heterocycles. The van der Waals surface area contributed by atoms with E-state index in [1.54, 1.807) is 14.0 Å². The Kier molecular flexibility index (Phi) is 33.8. The predicted molar refractivity (Wildman–Crippen MR) is 119 cm³/mol. The average molecular weight is 482 g/mol. The van der Waals surface area contributed by atoms with Gasteiger partial charge in [-0.25, -0.2) is 0 Å². The van der Waals surface area contributed by atoms with Crippen LogP contribution in [0.25, 0.3) is 0 Å². The fraction of sp³-hybridized carbons (Fsp3) is 0.750. The van der Waals surface area contributed by atoms with Crippen LogP contribution >= 0.6 is 0 Å². The number of nitrogens with one attached hydrogen (secondary N) is 3. The Balaban J connectivity index is -0.000000842. The lowest BCUT2D eigenvalue weighted by atomic mass is 10.4. The van der Waals surface area contributed by atoms with Gasteiger partial charge in [0.1, 0.15) is 25.8 Å². The van der Waals surface area contributed by atoms with Crippen LogP contribution in [0.5, 0.6) is 0 Å². The summed E-state index contributed by atoms with van der Waals surface area (Å²) in [5.74, 6) is -1.06. The molecular formula is C20H39N3O10. The Hall–Kier alpha value is -2.45. The number of carbonyl (C=O) groups excluding carboxylic acids is 4. The zero-order valence-corrected chi connectivity index (χ0v) is 19.8. The van der Waals surface area contributed by atoms with E-state index in [9.17, 15) is 19.2 Å². The van der Waals surface area contributed by atoms with Crippen LogP contribution in [0.4, 0.5) is 0 Å². The first-order valence-corrected chi connectivity index (χ1v) is 10.4. The van der Waals surface area contributed by atoms with Crippen molar-refractivity contribution < 1.29 is 48.0 Å². The molecule has 0 saturated heterocycles. The number of ether oxygens (including phenoxy) is 4. The van der Waals surface area contributed by atoms with Gasteiger partial charge in [-0.1, -0.05) is 6.92 Å². The van der Waals surface area contributed by atoms with Crippen LogP contribution in [0.2, 0.25) is 0 Å². The lowest BCUT2D eigenvalue weighted by Crippen LogP contribution is -2.31. The number of carboxylic acid groups (broad SMARTS) is 1. The van der Waals surface area contributed by atoms with Gasteiger partial charge < -0.3 is 49.6 Å². The van der Waals surface area contributed by atoms with Gasteiger partial charge in [-0.2, -0.15) is 0 Å². The molecule has 0 fully saturated rings. The zero-order valence-electron chi connectivity index (χ0n) is 19.8. The molecule has 0 atom stereocenters. The Bertz CT molecular complexity index is 493. The van der Waals surface area contributed by atoms with Crippen molar-refractivity contribution in [1.82, 2.24) is 16.0 Å². The number of rotatable bonds is 19. The van der Waals surface area contributed by atoms with Gasteiger partial charge in [0, 0.05) is 19.5 Å². The summed E-state index contributed by atoms with van der Waals surface area (Å²) in [5, 5.41) is 15.6. The third-order valence-electron chi connectivity index (χ3n) is 2.95. The Morgan fingerprint density at radius 3 is 1.73 bits per heavy atom. The van der Waals surface area contributed by atoms with E-state index < -0.39 is 5.97 Å². The number of carboxylic acids is 1. The number of aliphatic carboxylic acids is 1. The molecule has 0 aromatic carbocycles. The van der Waals surface area contributed by atoms with Crippen molar-refractivity contribution >= 4 is 30.4 Å². The second-order valence-corrected chi connectivity index (χ2v) is 5.73. The number of hydrogen-bond acceptors (Lipinski definition) is 10. The smallest absolute Gasteiger partial charge is 0.317 e. The highest BCUT2D eigenvalue weighted by Crippen LogP contribution is 1.81. The van der Waals surface area contributed by atoms with E-state index in [0.29, 0.717) is 65.4 Å². The minimum atomic E-state index is -0.822. The highest BCUT2D eigenvalue weighted by Gasteiger charge is 2.01. The van der Waals surface area contributed by atoms with Gasteiger partial charge in [-0.15, -0.1) is 0 Å². The quantitative estimate of drug-likeness (QED) is 0.123. The van der Waals surface area contributed by atoms with Gasteiger partial charge >= 0.3 is 5.97 Å². The molecular weight excluding hydrogens is 442 g/mol. The number of amides is 2. The first kappa shape index (κ1) is 35.1. The van der Waals surface area contributed by atoms with Crippen LogP contribution in [-0.4, -0.2) is 115 Å². The van der Waals surface area contributed by atoms with E-state index in [-0.39, 0.29) is 31.6 Å². The van der Waals surface area contributed by atoms with E-state index in [0.717, 1.165) is 6.29 Å². The molecule has 2 amide bonds. The molecule has 0 aliphatic heterocycles. The lowest BCUT2D eigenvalue weighted by molar-refractivity contribution is -0.136. The Labute approximate surface area is 194 Å². The van der Waals surface area contributed by atoms with E-state index in [1.807, 2.05) is 0 Å². The van der Waals surface area contributed by atoms with Gasteiger partial charge in [-0.05, 0) is 14.0 Å². The summed E-state index contributed by atoms with van der Waals surface area (Å²) in [6.07, 6.45) is 1.88. The van der Waals surface area contributed by atoms with Gasteiger partial charge in [0.25, 0.3) is 0 Å². The summed E-state index contributed by atoms with van der Waals surface area (Å²) in [4.78, 5) is 50.7. The van der Waals surface area contributed by atoms with Gasteiger partial charge in [0.05, 0.1) is 46.2 Å². The van der Waals surface area contributed by atoms with E-state index in [4.69, 9.17) is 28.8 Å². The van der Waals surface area contributed by atoms with Gasteiger partial charge in [0.15, 0.2) is 0 Å². The number of likely N-dealkylation sites (N-methyl/N-ethyl adjacent to an activating group) is 1. The zero-order chi connectivity index (χ0) is 25.6. The molecule has 0 unspecified atom stereocenters. The summed E-state index contributed by atoms with van der Waals surface area (Å²) in [5.41, 5.74) is 0. The van der Waals surface area contributed by atoms with Crippen molar-refractivity contribution in [3.8, 4) is 0 Å². The van der Waals surface area contributed by atoms with E-state index in [1.165, 1.54) is 6.92 Å². The molecule has 0 aliphatic rings. The summed E-state index contributed by atoms with van der Waals surface area (Å²) in [6.45, 7) is 6.29. The highest BCUT2D eigenvalue weighted by molar-refractivity contribution is 5.77. The molecule has 13 nitrogen and oxygen atoms in total. The topological polar surface area (TPSA) is 179 Å². The fourth-order valence-corrected chi connectivity index (χ4v) is 1.59. The number of hydrogen-bond donors (Lipinski definition) is 4. The molecule has 0 aliphatic carbocycles. The Morgan fingerprint density at radius 1 is 0.818 bits per heavy atom. The average Bonchev–Trinajstić information content (AvgIpc) is 2.78. The second-order valence-electron chi connectivity index (χ2n) is 5.73. The van der Waals surface area contributed by atoms with Gasteiger partial charge in [-0.3, -0.25) is 14.4 Å². The molecule has 0 saturated carbocycles. The molecule has 0 aromatic rings. The van der Waals surface area contributed by atoms with Crippen LogP contribution in [-0.2, 0) is 42.9 Å². The molecule has 0 heterocycles. The fourth-order valence-electron chi connectivity index (χ4n) is 1.59. The van der Waals surface area contributed by atoms with Crippen LogP contribution in [0.3, 0.4) is 0 Å². The van der Waals surface area contributed by atoms with E-state index in [2.05, 4.69) is 16.0 Å². The monoisotopic (exact) mass is 481 g/mol. The molecule has 13 heteroatoms. The molecule has 0 rings (SSSR count). The highest BCUT2D eigenvalue weighted by atomic mass is 16.5. The second kappa shape index (κ2) is 31.7. The summed E-state index contributed by atoms with van der Waals surface area (Å²) < 4.78 is 20.5. The van der Waals surface area contributed by atoms with Crippen LogP contribution in [0.1, 0.15) is 20.3 Å². The number of carbonyl (C=O) groups is 5. The van der Waals surface area contributed by atoms with Crippen LogP contribution in [0.15, 0.2) is 0 Å². The van der Waals surface area contributed by atoms with Crippen molar-refractivity contribution in [2.24, 2.45) is 0 Å². The normalized spacial score (nSPS) is 9.42. The first-order valence-electron chi connectivity index (χ1n) is 10.4. The number of aldehydes is 2. The van der Waals surface area contributed by atoms with Crippen LogP contribution in [0, 0.1) is 0 Å². The maximum Gasteiger partial charge on any atom is 0.317 e. The summed E-state index contributed by atoms with van der Waals surface area (Å²) >= 11 is 0. The molecule has 33 heavy (non-hydrogen) atoms. The molecule has 0 radical (unpaired) electrons. The predicted octanol–water partition coefficient (Wildman–Crippen LogP) is -1.61. The van der Waals surface area contributed by atoms with E-state index >= 15 is 0 Å². The molecule has 194 valence electrons. The maximum atomic E-state index is 11.4. The lowest BCUT2D eigenvalue weighted by Gasteiger charge is -2.08. The minimum Gasteiger partial charge on any atom is -0.480 e.